The highest BCUT2D eigenvalue weighted by Gasteiger charge is 2.08. The fraction of sp³-hybridized carbons (Fsp3) is 0.615. The van der Waals surface area contributed by atoms with Crippen molar-refractivity contribution in [2.75, 3.05) is 12.3 Å². The Hall–Kier alpha value is -1.25. The molecule has 90 valence electrons. The number of nitrogen functional groups attached to an aromatic ring is 1. The van der Waals surface area contributed by atoms with Gasteiger partial charge < -0.3 is 10.5 Å². The van der Waals surface area contributed by atoms with E-state index in [1.54, 1.807) is 6.20 Å². The number of hydrogen-bond donors (Lipinski definition) is 1. The average Bonchev–Trinajstić information content (AvgIpc) is 2.31. The minimum Gasteiger partial charge on any atom is -0.489 e. The topological polar surface area (TPSA) is 48.1 Å². The molecule has 0 aliphatic heterocycles. The van der Waals surface area contributed by atoms with E-state index < -0.39 is 0 Å². The maximum Gasteiger partial charge on any atom is 0.166 e. The van der Waals surface area contributed by atoms with Gasteiger partial charge in [-0.25, -0.2) is 4.98 Å². The molecule has 3 heteroatoms. The highest BCUT2D eigenvalue weighted by Crippen LogP contribution is 2.20. The van der Waals surface area contributed by atoms with Crippen LogP contribution in [0.25, 0.3) is 0 Å². The number of nitrogens with two attached hydrogens (primary N) is 1. The summed E-state index contributed by atoms with van der Waals surface area (Å²) in [6, 6.07) is 3.72. The molecule has 3 nitrogen and oxygen atoms in total. The molecule has 0 aliphatic rings. The molecule has 1 aromatic rings. The molecular weight excluding hydrogens is 200 g/mol. The van der Waals surface area contributed by atoms with Gasteiger partial charge in [-0.1, -0.05) is 33.1 Å². The highest BCUT2D eigenvalue weighted by atomic mass is 16.5. The van der Waals surface area contributed by atoms with Crippen LogP contribution < -0.4 is 10.5 Å². The summed E-state index contributed by atoms with van der Waals surface area (Å²) in [7, 11) is 0. The van der Waals surface area contributed by atoms with Crippen molar-refractivity contribution in [2.45, 2.75) is 39.5 Å². The van der Waals surface area contributed by atoms with Gasteiger partial charge in [0.1, 0.15) is 0 Å². The first-order chi connectivity index (χ1) is 7.77. The van der Waals surface area contributed by atoms with Gasteiger partial charge in [-0.15, -0.1) is 0 Å². The Balaban J connectivity index is 2.40. The predicted octanol–water partition coefficient (Wildman–Crippen LogP) is 3.26. The molecule has 16 heavy (non-hydrogen) atoms. The van der Waals surface area contributed by atoms with Crippen LogP contribution >= 0.6 is 0 Å². The third kappa shape index (κ3) is 4.09. The van der Waals surface area contributed by atoms with Crippen LogP contribution in [0.5, 0.6) is 5.75 Å². The van der Waals surface area contributed by atoms with E-state index in [0.717, 1.165) is 13.0 Å². The Kier molecular flexibility index (Phi) is 5.68. The summed E-state index contributed by atoms with van der Waals surface area (Å²) >= 11 is 0. The lowest BCUT2D eigenvalue weighted by Crippen LogP contribution is -2.12. The molecule has 0 amide bonds. The Bertz CT molecular complexity index is 302. The van der Waals surface area contributed by atoms with Crippen molar-refractivity contribution in [1.29, 1.82) is 0 Å². The largest absolute Gasteiger partial charge is 0.489 e. The summed E-state index contributed by atoms with van der Waals surface area (Å²) in [5, 5.41) is 0. The Morgan fingerprint density at radius 2 is 2.25 bits per heavy atom. The van der Waals surface area contributed by atoms with Crippen LogP contribution in [0, 0.1) is 5.92 Å². The molecule has 0 radical (unpaired) electrons. The van der Waals surface area contributed by atoms with Gasteiger partial charge in [0.25, 0.3) is 0 Å². The first-order valence-electron chi connectivity index (χ1n) is 6.11. The Morgan fingerprint density at radius 1 is 1.44 bits per heavy atom. The first kappa shape index (κ1) is 12.8. The molecule has 1 atom stereocenters. The maximum atomic E-state index is 5.71. The van der Waals surface area contributed by atoms with Crippen LogP contribution in [0.2, 0.25) is 0 Å². The second-order valence-corrected chi connectivity index (χ2v) is 4.11. The summed E-state index contributed by atoms with van der Waals surface area (Å²) in [6.45, 7) is 5.16. The molecule has 0 fully saturated rings. The van der Waals surface area contributed by atoms with Crippen LogP contribution in [-0.4, -0.2) is 11.6 Å². The zero-order valence-corrected chi connectivity index (χ0v) is 10.3. The zero-order valence-electron chi connectivity index (χ0n) is 10.3. The number of rotatable bonds is 7. The summed E-state index contributed by atoms with van der Waals surface area (Å²) in [6.07, 6.45) is 6.57. The summed E-state index contributed by atoms with van der Waals surface area (Å²) in [5.41, 5.74) is 5.71. The second-order valence-electron chi connectivity index (χ2n) is 4.11. The van der Waals surface area contributed by atoms with Gasteiger partial charge in [-0.2, -0.15) is 0 Å². The molecule has 1 heterocycles. The molecule has 0 spiro atoms. The van der Waals surface area contributed by atoms with Crippen LogP contribution in [0.3, 0.4) is 0 Å². The van der Waals surface area contributed by atoms with Gasteiger partial charge in [0.05, 0.1) is 6.61 Å². The highest BCUT2D eigenvalue weighted by molar-refractivity contribution is 5.44. The number of anilines is 1. The van der Waals surface area contributed by atoms with Gasteiger partial charge in [-0.05, 0) is 24.5 Å². The van der Waals surface area contributed by atoms with Crippen molar-refractivity contribution in [3.05, 3.63) is 18.3 Å². The third-order valence-electron chi connectivity index (χ3n) is 2.82. The zero-order chi connectivity index (χ0) is 11.8. The molecular formula is C13H22N2O. The van der Waals surface area contributed by atoms with Crippen LogP contribution in [0.1, 0.15) is 39.5 Å². The van der Waals surface area contributed by atoms with Crippen molar-refractivity contribution in [3.63, 3.8) is 0 Å². The molecule has 0 aromatic carbocycles. The third-order valence-corrected chi connectivity index (χ3v) is 2.82. The Labute approximate surface area is 98.0 Å². The summed E-state index contributed by atoms with van der Waals surface area (Å²) in [5.74, 6) is 1.81. The van der Waals surface area contributed by atoms with Crippen LogP contribution in [0.4, 0.5) is 5.82 Å². The number of nitrogens with zero attached hydrogens (tertiary/aromatic N) is 1. The van der Waals surface area contributed by atoms with E-state index in [-0.39, 0.29) is 0 Å². The molecule has 1 rings (SSSR count). The molecule has 0 saturated carbocycles. The van der Waals surface area contributed by atoms with E-state index in [1.807, 2.05) is 12.1 Å². The van der Waals surface area contributed by atoms with E-state index in [4.69, 9.17) is 10.5 Å². The van der Waals surface area contributed by atoms with Crippen molar-refractivity contribution in [2.24, 2.45) is 5.92 Å². The summed E-state index contributed by atoms with van der Waals surface area (Å²) < 4.78 is 5.70. The van der Waals surface area contributed by atoms with Gasteiger partial charge in [0, 0.05) is 6.20 Å². The summed E-state index contributed by atoms with van der Waals surface area (Å²) in [4.78, 5) is 4.00. The van der Waals surface area contributed by atoms with Gasteiger partial charge >= 0.3 is 0 Å². The fourth-order valence-electron chi connectivity index (χ4n) is 1.63. The number of unbranched alkanes of at least 4 members (excludes halogenated alkanes) is 1. The fourth-order valence-corrected chi connectivity index (χ4v) is 1.63. The lowest BCUT2D eigenvalue weighted by molar-refractivity contribution is 0.234. The number of hydrogen-bond acceptors (Lipinski definition) is 3. The van der Waals surface area contributed by atoms with E-state index in [1.165, 1.54) is 19.3 Å². The molecule has 1 unspecified atom stereocenters. The van der Waals surface area contributed by atoms with E-state index >= 15 is 0 Å². The smallest absolute Gasteiger partial charge is 0.166 e. The quantitative estimate of drug-likeness (QED) is 0.770. The van der Waals surface area contributed by atoms with Gasteiger partial charge in [0.2, 0.25) is 0 Å². The van der Waals surface area contributed by atoms with Crippen molar-refractivity contribution < 1.29 is 4.74 Å². The monoisotopic (exact) mass is 222 g/mol. The van der Waals surface area contributed by atoms with Crippen molar-refractivity contribution >= 4 is 5.82 Å². The normalized spacial score (nSPS) is 12.4. The number of aromatic nitrogens is 1. The number of pyridine rings is 1. The Morgan fingerprint density at radius 3 is 2.88 bits per heavy atom. The predicted molar refractivity (Wildman–Crippen MR) is 67.5 cm³/mol. The minimum atomic E-state index is 0.479. The lowest BCUT2D eigenvalue weighted by Gasteiger charge is -2.15. The lowest BCUT2D eigenvalue weighted by atomic mass is 10.0. The molecule has 2 N–H and O–H groups in total. The molecule has 1 aromatic heterocycles. The van der Waals surface area contributed by atoms with E-state index in [9.17, 15) is 0 Å². The average molecular weight is 222 g/mol. The molecule has 0 aliphatic carbocycles. The van der Waals surface area contributed by atoms with Gasteiger partial charge in [0.15, 0.2) is 11.6 Å². The standard InChI is InChI=1S/C13H22N2O/c1-3-5-7-11(4-2)10-16-12-8-6-9-15-13(12)14/h6,8-9,11H,3-5,7,10H2,1-2H3,(H2,14,15). The minimum absolute atomic E-state index is 0.479. The van der Waals surface area contributed by atoms with Crippen LogP contribution in [0.15, 0.2) is 18.3 Å². The first-order valence-corrected chi connectivity index (χ1v) is 6.11. The van der Waals surface area contributed by atoms with E-state index in [2.05, 4.69) is 18.8 Å². The number of ether oxygens (including phenoxy) is 1. The molecule has 0 saturated heterocycles. The van der Waals surface area contributed by atoms with Crippen molar-refractivity contribution in [1.82, 2.24) is 4.98 Å². The molecule has 0 bridgehead atoms. The van der Waals surface area contributed by atoms with Crippen LogP contribution in [-0.2, 0) is 0 Å². The van der Waals surface area contributed by atoms with Gasteiger partial charge in [-0.3, -0.25) is 0 Å². The maximum absolute atomic E-state index is 5.71. The van der Waals surface area contributed by atoms with Crippen molar-refractivity contribution in [3.8, 4) is 5.75 Å². The van der Waals surface area contributed by atoms with E-state index in [0.29, 0.717) is 17.5 Å². The SMILES string of the molecule is CCCCC(CC)COc1cccnc1N. The second kappa shape index (κ2) is 7.09.